The smallest absolute Gasteiger partial charge is 0.420 e. The third kappa shape index (κ3) is 2.62. The van der Waals surface area contributed by atoms with Gasteiger partial charge in [-0.05, 0) is 6.07 Å². The van der Waals surface area contributed by atoms with Gasteiger partial charge in [-0.3, -0.25) is 4.79 Å². The lowest BCUT2D eigenvalue weighted by atomic mass is 10.1. The maximum Gasteiger partial charge on any atom is 0.420 e. The molecule has 2 nitrogen and oxygen atoms in total. The van der Waals surface area contributed by atoms with Crippen molar-refractivity contribution in [2.75, 3.05) is 0 Å². The van der Waals surface area contributed by atoms with Crippen LogP contribution < -0.4 is 4.74 Å². The van der Waals surface area contributed by atoms with Crippen LogP contribution >= 0.6 is 0 Å². The molecular weight excluding hydrogens is 221 g/mol. The van der Waals surface area contributed by atoms with Crippen LogP contribution in [0.2, 0.25) is 0 Å². The van der Waals surface area contributed by atoms with E-state index in [-0.39, 0.29) is 5.56 Å². The average molecular weight is 230 g/mol. The van der Waals surface area contributed by atoms with Gasteiger partial charge in [0.25, 0.3) is 0 Å². The van der Waals surface area contributed by atoms with E-state index in [1.807, 2.05) is 0 Å². The second kappa shape index (κ2) is 4.38. The van der Waals surface area contributed by atoms with Crippen molar-refractivity contribution in [1.29, 1.82) is 0 Å². The Balaban J connectivity index is 3.37. The number of hydrogen-bond donors (Lipinski definition) is 0. The molecule has 16 heavy (non-hydrogen) atoms. The topological polar surface area (TPSA) is 26.3 Å². The molecule has 0 saturated carbocycles. The summed E-state index contributed by atoms with van der Waals surface area (Å²) in [5.41, 5.74) is -0.856. The molecule has 0 aromatic heterocycles. The third-order valence-corrected chi connectivity index (χ3v) is 1.82. The van der Waals surface area contributed by atoms with E-state index in [4.69, 9.17) is 0 Å². The van der Waals surface area contributed by atoms with Crippen molar-refractivity contribution in [3.63, 3.8) is 0 Å². The molecule has 86 valence electrons. The number of para-hydroxylation sites is 1. The zero-order valence-electron chi connectivity index (χ0n) is 8.47. The van der Waals surface area contributed by atoms with E-state index < -0.39 is 23.5 Å². The lowest BCUT2D eigenvalue weighted by molar-refractivity contribution is -0.141. The fraction of sp³-hybridized carbons (Fsp3) is 0.182. The summed E-state index contributed by atoms with van der Waals surface area (Å²) in [6, 6.07) is 3.47. The summed E-state index contributed by atoms with van der Waals surface area (Å²) in [6.07, 6.45) is -3.36. The number of halogens is 3. The monoisotopic (exact) mass is 230 g/mol. The number of hydrogen-bond acceptors (Lipinski definition) is 2. The third-order valence-electron chi connectivity index (χ3n) is 1.82. The Bertz CT molecular complexity index is 422. The van der Waals surface area contributed by atoms with Gasteiger partial charge >= 0.3 is 12.1 Å². The van der Waals surface area contributed by atoms with Crippen LogP contribution in [0.25, 0.3) is 6.08 Å². The summed E-state index contributed by atoms with van der Waals surface area (Å²) >= 11 is 0. The largest absolute Gasteiger partial charge is 0.425 e. The molecule has 1 aromatic carbocycles. The normalized spacial score (nSPS) is 11.0. The van der Waals surface area contributed by atoms with Gasteiger partial charge in [0.15, 0.2) is 0 Å². The number of carbonyl (C=O) groups is 1. The Morgan fingerprint density at radius 1 is 1.44 bits per heavy atom. The minimum absolute atomic E-state index is 0.130. The van der Waals surface area contributed by atoms with Crippen molar-refractivity contribution in [3.8, 4) is 5.75 Å². The number of alkyl halides is 3. The van der Waals surface area contributed by atoms with Crippen molar-refractivity contribution in [2.45, 2.75) is 13.1 Å². The van der Waals surface area contributed by atoms with Gasteiger partial charge in [-0.2, -0.15) is 13.2 Å². The summed E-state index contributed by atoms with van der Waals surface area (Å²) in [7, 11) is 0. The first-order valence-corrected chi connectivity index (χ1v) is 4.37. The minimum Gasteiger partial charge on any atom is -0.425 e. The number of rotatable bonds is 2. The maximum absolute atomic E-state index is 12.6. The van der Waals surface area contributed by atoms with Crippen LogP contribution in [0, 0.1) is 0 Å². The van der Waals surface area contributed by atoms with Crippen LogP contribution in [0.4, 0.5) is 13.2 Å². The first-order valence-electron chi connectivity index (χ1n) is 4.37. The minimum atomic E-state index is -4.57. The van der Waals surface area contributed by atoms with E-state index >= 15 is 0 Å². The second-order valence-electron chi connectivity index (χ2n) is 3.02. The fourth-order valence-electron chi connectivity index (χ4n) is 1.20. The summed E-state index contributed by atoms with van der Waals surface area (Å²) in [5, 5.41) is 0. The van der Waals surface area contributed by atoms with E-state index in [0.717, 1.165) is 13.0 Å². The first-order chi connectivity index (χ1) is 7.36. The van der Waals surface area contributed by atoms with Crippen molar-refractivity contribution in [3.05, 3.63) is 35.9 Å². The molecule has 0 N–H and O–H groups in total. The number of esters is 1. The maximum atomic E-state index is 12.6. The Labute approximate surface area is 90.3 Å². The highest BCUT2D eigenvalue weighted by molar-refractivity contribution is 5.72. The van der Waals surface area contributed by atoms with Gasteiger partial charge in [0, 0.05) is 12.5 Å². The van der Waals surface area contributed by atoms with E-state index in [1.54, 1.807) is 0 Å². The number of carbonyl (C=O) groups excluding carboxylic acids is 1. The van der Waals surface area contributed by atoms with Crippen molar-refractivity contribution < 1.29 is 22.7 Å². The van der Waals surface area contributed by atoms with E-state index in [0.29, 0.717) is 0 Å². The molecule has 0 aliphatic heterocycles. The van der Waals surface area contributed by atoms with Gasteiger partial charge < -0.3 is 4.74 Å². The molecule has 0 unspecified atom stereocenters. The van der Waals surface area contributed by atoms with E-state index in [2.05, 4.69) is 11.3 Å². The highest BCUT2D eigenvalue weighted by atomic mass is 19.4. The van der Waals surface area contributed by atoms with Crippen LogP contribution in [-0.4, -0.2) is 5.97 Å². The van der Waals surface area contributed by atoms with Gasteiger partial charge in [0.05, 0.1) is 5.56 Å². The summed E-state index contributed by atoms with van der Waals surface area (Å²) < 4.78 is 42.3. The lowest BCUT2D eigenvalue weighted by Gasteiger charge is -2.14. The van der Waals surface area contributed by atoms with Gasteiger partial charge in [-0.1, -0.05) is 24.8 Å². The average Bonchev–Trinajstić information content (AvgIpc) is 2.15. The van der Waals surface area contributed by atoms with Gasteiger partial charge in [0.2, 0.25) is 0 Å². The van der Waals surface area contributed by atoms with Crippen molar-refractivity contribution in [1.82, 2.24) is 0 Å². The fourth-order valence-corrected chi connectivity index (χ4v) is 1.20. The predicted octanol–water partition coefficient (Wildman–Crippen LogP) is 3.27. The van der Waals surface area contributed by atoms with Crippen LogP contribution in [0.1, 0.15) is 18.1 Å². The molecule has 0 saturated heterocycles. The lowest BCUT2D eigenvalue weighted by Crippen LogP contribution is -2.12. The van der Waals surface area contributed by atoms with Crippen LogP contribution in [0.3, 0.4) is 0 Å². The summed E-state index contributed by atoms with van der Waals surface area (Å²) in [6.45, 7) is 4.41. The zero-order chi connectivity index (χ0) is 12.3. The summed E-state index contributed by atoms with van der Waals surface area (Å²) in [5.74, 6) is -1.31. The highest BCUT2D eigenvalue weighted by Crippen LogP contribution is 2.38. The Morgan fingerprint density at radius 3 is 2.50 bits per heavy atom. The molecule has 0 atom stereocenters. The van der Waals surface area contributed by atoms with Gasteiger partial charge in [-0.25, -0.2) is 0 Å². The van der Waals surface area contributed by atoms with E-state index in [1.165, 1.54) is 18.2 Å². The molecule has 0 spiro atoms. The van der Waals surface area contributed by atoms with E-state index in [9.17, 15) is 18.0 Å². The molecule has 0 bridgehead atoms. The molecule has 1 rings (SSSR count). The molecule has 0 aliphatic rings. The van der Waals surface area contributed by atoms with Crippen LogP contribution in [0.5, 0.6) is 5.75 Å². The van der Waals surface area contributed by atoms with Crippen LogP contribution in [-0.2, 0) is 11.0 Å². The molecule has 0 amide bonds. The Hall–Kier alpha value is -1.78. The zero-order valence-corrected chi connectivity index (χ0v) is 8.47. The molecule has 0 fully saturated rings. The standard InChI is InChI=1S/C11H9F3O2/c1-3-8-5-4-6-9(11(12,13)14)10(8)16-7(2)15/h3-6H,1H2,2H3. The second-order valence-corrected chi connectivity index (χ2v) is 3.02. The molecule has 1 aromatic rings. The van der Waals surface area contributed by atoms with Crippen molar-refractivity contribution in [2.24, 2.45) is 0 Å². The molecule has 0 heterocycles. The van der Waals surface area contributed by atoms with Gasteiger partial charge in [0.1, 0.15) is 5.75 Å². The van der Waals surface area contributed by atoms with Crippen LogP contribution in [0.15, 0.2) is 24.8 Å². The van der Waals surface area contributed by atoms with Gasteiger partial charge in [-0.15, -0.1) is 0 Å². The highest BCUT2D eigenvalue weighted by Gasteiger charge is 2.35. The molecule has 0 aliphatic carbocycles. The number of benzene rings is 1. The first kappa shape index (κ1) is 12.3. The SMILES string of the molecule is C=Cc1cccc(C(F)(F)F)c1OC(C)=O. The Morgan fingerprint density at radius 2 is 2.06 bits per heavy atom. The number of ether oxygens (including phenoxy) is 1. The predicted molar refractivity (Wildman–Crippen MR) is 52.8 cm³/mol. The van der Waals surface area contributed by atoms with Crippen molar-refractivity contribution >= 4 is 12.0 Å². The Kier molecular flexibility index (Phi) is 3.37. The quantitative estimate of drug-likeness (QED) is 0.575. The summed E-state index contributed by atoms with van der Waals surface area (Å²) in [4.78, 5) is 10.7. The molecule has 0 radical (unpaired) electrons. The molecular formula is C11H9F3O2. The molecule has 5 heteroatoms.